The number of aromatic carboxylic acids is 1. The first-order chi connectivity index (χ1) is 7.18. The van der Waals surface area contributed by atoms with Crippen LogP contribution in [0.5, 0.6) is 0 Å². The summed E-state index contributed by atoms with van der Waals surface area (Å²) >= 11 is 0. The fourth-order valence-electron chi connectivity index (χ4n) is 1.40. The predicted octanol–water partition coefficient (Wildman–Crippen LogP) is 1.88. The van der Waals surface area contributed by atoms with Crippen molar-refractivity contribution in [3.63, 3.8) is 0 Å². The lowest BCUT2D eigenvalue weighted by Crippen LogP contribution is -2.02. The van der Waals surface area contributed by atoms with Gasteiger partial charge in [-0.05, 0) is 30.7 Å². The van der Waals surface area contributed by atoms with Crippen LogP contribution in [-0.2, 0) is 0 Å². The van der Waals surface area contributed by atoms with E-state index < -0.39 is 5.97 Å². The van der Waals surface area contributed by atoms with Gasteiger partial charge in [0.2, 0.25) is 0 Å². The van der Waals surface area contributed by atoms with Crippen LogP contribution < -0.4 is 0 Å². The summed E-state index contributed by atoms with van der Waals surface area (Å²) < 4.78 is 1.65. The molecule has 76 valence electrons. The molecule has 2 aromatic rings. The van der Waals surface area contributed by atoms with E-state index in [4.69, 9.17) is 5.11 Å². The van der Waals surface area contributed by atoms with Crippen molar-refractivity contribution in [2.24, 2.45) is 0 Å². The number of carboxylic acids is 1. The number of aromatic nitrogens is 2. The SMILES string of the molecule is Cc1ccc(C(=O)O)cc1-n1cccn1. The molecule has 0 bridgehead atoms. The van der Waals surface area contributed by atoms with Crippen molar-refractivity contribution in [2.45, 2.75) is 6.92 Å². The molecule has 4 nitrogen and oxygen atoms in total. The average molecular weight is 202 g/mol. The topological polar surface area (TPSA) is 55.1 Å². The predicted molar refractivity (Wildman–Crippen MR) is 55.3 cm³/mol. The second-order valence-electron chi connectivity index (χ2n) is 3.26. The second kappa shape index (κ2) is 3.57. The molecule has 1 aromatic heterocycles. The molecule has 0 atom stereocenters. The molecule has 0 aliphatic heterocycles. The fourth-order valence-corrected chi connectivity index (χ4v) is 1.40. The van der Waals surface area contributed by atoms with E-state index in [1.54, 1.807) is 41.3 Å². The third kappa shape index (κ3) is 1.74. The molecule has 0 fully saturated rings. The van der Waals surface area contributed by atoms with Crippen LogP contribution in [0.15, 0.2) is 36.7 Å². The summed E-state index contributed by atoms with van der Waals surface area (Å²) in [5.41, 5.74) is 2.05. The summed E-state index contributed by atoms with van der Waals surface area (Å²) in [6.45, 7) is 1.92. The maximum absolute atomic E-state index is 10.8. The highest BCUT2D eigenvalue weighted by Gasteiger charge is 2.07. The van der Waals surface area contributed by atoms with E-state index >= 15 is 0 Å². The van der Waals surface area contributed by atoms with Crippen molar-refractivity contribution in [3.8, 4) is 5.69 Å². The van der Waals surface area contributed by atoms with Crippen molar-refractivity contribution < 1.29 is 9.90 Å². The molecule has 1 heterocycles. The molecular weight excluding hydrogens is 192 g/mol. The molecule has 0 saturated carbocycles. The molecule has 0 aliphatic carbocycles. The summed E-state index contributed by atoms with van der Waals surface area (Å²) in [7, 11) is 0. The number of rotatable bonds is 2. The molecule has 0 unspecified atom stereocenters. The largest absolute Gasteiger partial charge is 0.478 e. The third-order valence-corrected chi connectivity index (χ3v) is 2.21. The van der Waals surface area contributed by atoms with Gasteiger partial charge in [-0.2, -0.15) is 5.10 Å². The Balaban J connectivity index is 2.55. The molecular formula is C11H10N2O2. The molecule has 4 heteroatoms. The first kappa shape index (κ1) is 9.45. The normalized spacial score (nSPS) is 10.2. The zero-order valence-electron chi connectivity index (χ0n) is 8.21. The summed E-state index contributed by atoms with van der Waals surface area (Å²) in [5.74, 6) is -0.927. The van der Waals surface area contributed by atoms with Gasteiger partial charge >= 0.3 is 5.97 Å². The Labute approximate surface area is 86.8 Å². The smallest absolute Gasteiger partial charge is 0.335 e. The first-order valence-corrected chi connectivity index (χ1v) is 4.52. The molecule has 0 saturated heterocycles. The number of aryl methyl sites for hydroxylation is 1. The van der Waals surface area contributed by atoms with Crippen LogP contribution >= 0.6 is 0 Å². The van der Waals surface area contributed by atoms with Gasteiger partial charge in [0.05, 0.1) is 11.3 Å². The van der Waals surface area contributed by atoms with Crippen molar-refractivity contribution in [1.29, 1.82) is 0 Å². The van der Waals surface area contributed by atoms with E-state index in [0.717, 1.165) is 11.3 Å². The Bertz CT molecular complexity index is 489. The summed E-state index contributed by atoms with van der Waals surface area (Å²) in [6.07, 6.45) is 3.45. The van der Waals surface area contributed by atoms with Gasteiger partial charge in [0.15, 0.2) is 0 Å². The molecule has 0 radical (unpaired) electrons. The van der Waals surface area contributed by atoms with Crippen LogP contribution in [0.1, 0.15) is 15.9 Å². The molecule has 0 amide bonds. The van der Waals surface area contributed by atoms with Gasteiger partial charge in [-0.25, -0.2) is 9.48 Å². The van der Waals surface area contributed by atoms with E-state index in [1.807, 2.05) is 6.92 Å². The third-order valence-electron chi connectivity index (χ3n) is 2.21. The van der Waals surface area contributed by atoms with Crippen LogP contribution in [0.2, 0.25) is 0 Å². The average Bonchev–Trinajstić information content (AvgIpc) is 2.71. The van der Waals surface area contributed by atoms with E-state index in [9.17, 15) is 4.79 Å². The molecule has 1 aromatic carbocycles. The lowest BCUT2D eigenvalue weighted by molar-refractivity contribution is 0.0697. The molecule has 0 aliphatic rings. The highest BCUT2D eigenvalue weighted by atomic mass is 16.4. The minimum absolute atomic E-state index is 0.270. The Morgan fingerprint density at radius 1 is 1.47 bits per heavy atom. The second-order valence-corrected chi connectivity index (χ2v) is 3.26. The lowest BCUT2D eigenvalue weighted by atomic mass is 10.1. The number of nitrogens with zero attached hydrogens (tertiary/aromatic N) is 2. The molecule has 0 spiro atoms. The Morgan fingerprint density at radius 3 is 2.87 bits per heavy atom. The van der Waals surface area contributed by atoms with E-state index in [0.29, 0.717) is 0 Å². The minimum atomic E-state index is -0.927. The van der Waals surface area contributed by atoms with Gasteiger partial charge < -0.3 is 5.11 Å². The van der Waals surface area contributed by atoms with Gasteiger partial charge in [-0.3, -0.25) is 0 Å². The van der Waals surface area contributed by atoms with Crippen LogP contribution in [0, 0.1) is 6.92 Å². The fraction of sp³-hybridized carbons (Fsp3) is 0.0909. The van der Waals surface area contributed by atoms with Crippen molar-refractivity contribution in [3.05, 3.63) is 47.8 Å². The van der Waals surface area contributed by atoms with E-state index in [1.165, 1.54) is 0 Å². The van der Waals surface area contributed by atoms with Crippen molar-refractivity contribution in [2.75, 3.05) is 0 Å². The monoisotopic (exact) mass is 202 g/mol. The van der Waals surface area contributed by atoms with E-state index in [-0.39, 0.29) is 5.56 Å². The Morgan fingerprint density at radius 2 is 2.27 bits per heavy atom. The first-order valence-electron chi connectivity index (χ1n) is 4.52. The van der Waals surface area contributed by atoms with Crippen LogP contribution in [0.25, 0.3) is 5.69 Å². The molecule has 15 heavy (non-hydrogen) atoms. The Hall–Kier alpha value is -2.10. The quantitative estimate of drug-likeness (QED) is 0.808. The lowest BCUT2D eigenvalue weighted by Gasteiger charge is -2.06. The zero-order valence-corrected chi connectivity index (χ0v) is 8.21. The van der Waals surface area contributed by atoms with Crippen LogP contribution in [-0.4, -0.2) is 20.9 Å². The number of carboxylic acid groups (broad SMARTS) is 1. The van der Waals surface area contributed by atoms with Gasteiger partial charge in [-0.1, -0.05) is 6.07 Å². The minimum Gasteiger partial charge on any atom is -0.478 e. The number of carbonyl (C=O) groups is 1. The number of hydrogen-bond donors (Lipinski definition) is 1. The number of benzene rings is 1. The van der Waals surface area contributed by atoms with Gasteiger partial charge in [-0.15, -0.1) is 0 Å². The van der Waals surface area contributed by atoms with Gasteiger partial charge in [0.25, 0.3) is 0 Å². The maximum Gasteiger partial charge on any atom is 0.335 e. The van der Waals surface area contributed by atoms with Crippen molar-refractivity contribution in [1.82, 2.24) is 9.78 Å². The van der Waals surface area contributed by atoms with Crippen LogP contribution in [0.3, 0.4) is 0 Å². The summed E-state index contributed by atoms with van der Waals surface area (Å²) in [4.78, 5) is 10.8. The van der Waals surface area contributed by atoms with Crippen molar-refractivity contribution >= 4 is 5.97 Å². The number of hydrogen-bond acceptors (Lipinski definition) is 2. The van der Waals surface area contributed by atoms with E-state index in [2.05, 4.69) is 5.10 Å². The van der Waals surface area contributed by atoms with Crippen LogP contribution in [0.4, 0.5) is 0 Å². The summed E-state index contributed by atoms with van der Waals surface area (Å²) in [6, 6.07) is 6.78. The standard InChI is InChI=1S/C11H10N2O2/c1-8-3-4-9(11(14)15)7-10(8)13-6-2-5-12-13/h2-7H,1H3,(H,14,15). The highest BCUT2D eigenvalue weighted by Crippen LogP contribution is 2.15. The maximum atomic E-state index is 10.8. The van der Waals surface area contributed by atoms with Gasteiger partial charge in [0, 0.05) is 12.4 Å². The van der Waals surface area contributed by atoms with Gasteiger partial charge in [0.1, 0.15) is 0 Å². The Kier molecular flexibility index (Phi) is 2.25. The molecule has 1 N–H and O–H groups in total. The highest BCUT2D eigenvalue weighted by molar-refractivity contribution is 5.88. The summed E-state index contributed by atoms with van der Waals surface area (Å²) in [5, 5.41) is 12.9. The molecule has 2 rings (SSSR count). The zero-order chi connectivity index (χ0) is 10.8.